The van der Waals surface area contributed by atoms with Crippen molar-refractivity contribution >= 4 is 28.2 Å². The molecule has 0 aliphatic heterocycles. The van der Waals surface area contributed by atoms with Crippen molar-refractivity contribution in [3.8, 4) is 0 Å². The van der Waals surface area contributed by atoms with Crippen LogP contribution in [0.5, 0.6) is 0 Å². The minimum atomic E-state index is -0.514. The van der Waals surface area contributed by atoms with Gasteiger partial charge in [-0.15, -0.1) is 11.3 Å². The van der Waals surface area contributed by atoms with Crippen LogP contribution in [0.2, 0.25) is 0 Å². The van der Waals surface area contributed by atoms with Crippen molar-refractivity contribution in [2.75, 3.05) is 5.32 Å². The maximum Gasteiger partial charge on any atom is 0.251 e. The van der Waals surface area contributed by atoms with Gasteiger partial charge < -0.3 is 28.0 Å². The fourth-order valence-electron chi connectivity index (χ4n) is 2.14. The number of nitrogens with one attached hydrogen (secondary N) is 1. The van der Waals surface area contributed by atoms with Crippen molar-refractivity contribution in [2.45, 2.75) is 32.7 Å². The van der Waals surface area contributed by atoms with E-state index in [0.29, 0.717) is 17.0 Å². The van der Waals surface area contributed by atoms with Gasteiger partial charge in [0.2, 0.25) is 5.91 Å². The second-order valence-electron chi connectivity index (χ2n) is 5.08. The molecular weight excluding hydrogens is 378 g/mol. The third-order valence-electron chi connectivity index (χ3n) is 3.22. The van der Waals surface area contributed by atoms with Gasteiger partial charge in [-0.25, -0.2) is 4.57 Å². The van der Waals surface area contributed by atoms with Crippen LogP contribution in [-0.2, 0) is 11.3 Å². The lowest BCUT2D eigenvalue weighted by Gasteiger charge is -2.04. The third kappa shape index (κ3) is 6.11. The van der Waals surface area contributed by atoms with E-state index in [9.17, 15) is 9.59 Å². The van der Waals surface area contributed by atoms with Gasteiger partial charge in [0, 0.05) is 29.9 Å². The van der Waals surface area contributed by atoms with Gasteiger partial charge in [-0.2, -0.15) is 0 Å². The highest BCUT2D eigenvalue weighted by Crippen LogP contribution is 2.27. The molecule has 0 aromatic carbocycles. The van der Waals surface area contributed by atoms with Crippen molar-refractivity contribution in [3.63, 3.8) is 0 Å². The van der Waals surface area contributed by atoms with E-state index >= 15 is 0 Å². The highest BCUT2D eigenvalue weighted by Gasteiger charge is 2.14. The average Bonchev–Trinajstić information content (AvgIpc) is 2.85. The normalized spacial score (nSPS) is 9.96. The maximum absolute atomic E-state index is 11.9. The Morgan fingerprint density at radius 2 is 1.91 bits per heavy atom. The summed E-state index contributed by atoms with van der Waals surface area (Å²) < 4.78 is 2.09. The van der Waals surface area contributed by atoms with Gasteiger partial charge in [0.1, 0.15) is 11.5 Å². The third-order valence-corrected chi connectivity index (χ3v) is 4.19. The number of amides is 2. The molecular formula is C16H20BrN3O2S. The van der Waals surface area contributed by atoms with E-state index in [-0.39, 0.29) is 22.9 Å². The molecule has 2 rings (SSSR count). The number of hydrogen-bond acceptors (Lipinski definition) is 3. The molecule has 0 radical (unpaired) electrons. The summed E-state index contributed by atoms with van der Waals surface area (Å²) in [6.45, 7) is 2.77. The number of unbranched alkanes of at least 4 members (excludes halogenated alkanes) is 1. The summed E-state index contributed by atoms with van der Waals surface area (Å²) >= 11 is 1.37. The summed E-state index contributed by atoms with van der Waals surface area (Å²) in [6, 6.07) is 7.65. The van der Waals surface area contributed by atoms with Gasteiger partial charge in [-0.05, 0) is 19.4 Å². The number of carbonyl (C=O) groups excluding carboxylic acids is 2. The van der Waals surface area contributed by atoms with E-state index in [1.54, 1.807) is 6.07 Å². The van der Waals surface area contributed by atoms with E-state index < -0.39 is 5.91 Å². The van der Waals surface area contributed by atoms with E-state index in [4.69, 9.17) is 5.73 Å². The average molecular weight is 398 g/mol. The summed E-state index contributed by atoms with van der Waals surface area (Å²) in [5.41, 5.74) is 5.69. The molecule has 0 unspecified atom stereocenters. The standard InChI is InChI=1S/C16H19N3O2S.BrH/c1-12-11-13(15(17)21)16(22-12)18-14(20)7-3-6-10-19-8-4-2-5-9-19;/h2,4-5,8-9,11H,3,6-7,10H2,1H3,(H2-,17,18,20,21);1H. The van der Waals surface area contributed by atoms with Gasteiger partial charge in [-0.3, -0.25) is 9.59 Å². The van der Waals surface area contributed by atoms with Crippen molar-refractivity contribution in [1.29, 1.82) is 0 Å². The largest absolute Gasteiger partial charge is 1.00 e. The Kier molecular flexibility index (Phi) is 7.91. The number of aryl methyl sites for hydroxylation is 2. The van der Waals surface area contributed by atoms with Gasteiger partial charge >= 0.3 is 0 Å². The smallest absolute Gasteiger partial charge is 0.251 e. The lowest BCUT2D eigenvalue weighted by molar-refractivity contribution is -0.697. The van der Waals surface area contributed by atoms with Crippen LogP contribution >= 0.6 is 11.3 Å². The minimum Gasteiger partial charge on any atom is -1.00 e. The molecule has 0 bridgehead atoms. The Morgan fingerprint density at radius 3 is 2.57 bits per heavy atom. The van der Waals surface area contributed by atoms with Crippen LogP contribution in [-0.4, -0.2) is 11.8 Å². The number of primary amides is 1. The van der Waals surface area contributed by atoms with Crippen LogP contribution in [0.25, 0.3) is 0 Å². The number of carbonyl (C=O) groups is 2. The fourth-order valence-corrected chi connectivity index (χ4v) is 3.08. The van der Waals surface area contributed by atoms with E-state index in [1.807, 2.05) is 37.5 Å². The van der Waals surface area contributed by atoms with Crippen molar-refractivity contribution in [3.05, 3.63) is 47.1 Å². The summed E-state index contributed by atoms with van der Waals surface area (Å²) in [4.78, 5) is 24.2. The van der Waals surface area contributed by atoms with Crippen LogP contribution in [0.15, 0.2) is 36.7 Å². The second kappa shape index (κ2) is 9.42. The molecule has 0 aliphatic carbocycles. The first kappa shape index (κ1) is 19.3. The zero-order valence-corrected chi connectivity index (χ0v) is 15.3. The molecule has 2 aromatic rings. The zero-order valence-electron chi connectivity index (χ0n) is 12.9. The quantitative estimate of drug-likeness (QED) is 0.476. The number of rotatable bonds is 7. The molecule has 0 fully saturated rings. The summed E-state index contributed by atoms with van der Waals surface area (Å²) in [5.74, 6) is -0.595. The number of nitrogens with zero attached hydrogens (tertiary/aromatic N) is 1. The second-order valence-corrected chi connectivity index (χ2v) is 6.34. The number of aromatic nitrogens is 1. The Bertz CT molecular complexity index is 659. The first-order valence-electron chi connectivity index (χ1n) is 7.20. The fraction of sp³-hybridized carbons (Fsp3) is 0.312. The van der Waals surface area contributed by atoms with Crippen molar-refractivity contribution < 1.29 is 31.1 Å². The van der Waals surface area contributed by atoms with Crippen LogP contribution in [0.1, 0.15) is 34.5 Å². The van der Waals surface area contributed by atoms with Crippen LogP contribution in [0.4, 0.5) is 5.00 Å². The monoisotopic (exact) mass is 397 g/mol. The molecule has 0 saturated carbocycles. The Labute approximate surface area is 150 Å². The molecule has 0 atom stereocenters. The number of thiophene rings is 1. The molecule has 5 nitrogen and oxygen atoms in total. The predicted molar refractivity (Wildman–Crippen MR) is 86.7 cm³/mol. The van der Waals surface area contributed by atoms with Gasteiger partial charge in [0.05, 0.1) is 5.56 Å². The highest BCUT2D eigenvalue weighted by atomic mass is 79.9. The molecule has 0 saturated heterocycles. The topological polar surface area (TPSA) is 76.1 Å². The lowest BCUT2D eigenvalue weighted by Crippen LogP contribution is -3.00. The van der Waals surface area contributed by atoms with E-state index in [2.05, 4.69) is 9.88 Å². The van der Waals surface area contributed by atoms with E-state index in [0.717, 1.165) is 24.3 Å². The van der Waals surface area contributed by atoms with Gasteiger partial charge in [0.25, 0.3) is 5.91 Å². The number of hydrogen-bond donors (Lipinski definition) is 2. The molecule has 0 aliphatic rings. The van der Waals surface area contributed by atoms with Crippen LogP contribution in [0.3, 0.4) is 0 Å². The summed E-state index contributed by atoms with van der Waals surface area (Å²) in [5, 5.41) is 3.33. The molecule has 3 N–H and O–H groups in total. The summed E-state index contributed by atoms with van der Waals surface area (Å²) in [6.07, 6.45) is 6.17. The Morgan fingerprint density at radius 1 is 1.22 bits per heavy atom. The number of pyridine rings is 1. The van der Waals surface area contributed by atoms with Crippen molar-refractivity contribution in [2.24, 2.45) is 5.73 Å². The Hall–Kier alpha value is -1.73. The number of anilines is 1. The summed E-state index contributed by atoms with van der Waals surface area (Å²) in [7, 11) is 0. The molecule has 0 spiro atoms. The number of halogens is 1. The lowest BCUT2D eigenvalue weighted by atomic mass is 10.2. The van der Waals surface area contributed by atoms with Gasteiger partial charge in [-0.1, -0.05) is 6.07 Å². The van der Waals surface area contributed by atoms with Crippen LogP contribution < -0.4 is 32.6 Å². The molecule has 7 heteroatoms. The highest BCUT2D eigenvalue weighted by molar-refractivity contribution is 7.16. The van der Waals surface area contributed by atoms with Crippen molar-refractivity contribution in [1.82, 2.24) is 0 Å². The minimum absolute atomic E-state index is 0. The SMILES string of the molecule is Cc1cc(C(N)=O)c(NC(=O)CCCC[n+]2ccccc2)s1.[Br-]. The molecule has 2 heterocycles. The van der Waals surface area contributed by atoms with Gasteiger partial charge in [0.15, 0.2) is 12.4 Å². The number of nitrogens with two attached hydrogens (primary N) is 1. The first-order chi connectivity index (χ1) is 10.6. The first-order valence-corrected chi connectivity index (χ1v) is 8.02. The molecule has 2 aromatic heterocycles. The molecule has 124 valence electrons. The molecule has 2 amide bonds. The van der Waals surface area contributed by atoms with E-state index in [1.165, 1.54) is 11.3 Å². The Balaban J connectivity index is 0.00000264. The molecule has 23 heavy (non-hydrogen) atoms. The maximum atomic E-state index is 11.9. The zero-order chi connectivity index (χ0) is 15.9. The predicted octanol–water partition coefficient (Wildman–Crippen LogP) is -0.744. The van der Waals surface area contributed by atoms with Crippen LogP contribution in [0, 0.1) is 6.92 Å².